The van der Waals surface area contributed by atoms with Crippen LogP contribution in [0.25, 0.3) is 0 Å². The van der Waals surface area contributed by atoms with Gasteiger partial charge in [-0.25, -0.2) is 4.39 Å². The van der Waals surface area contributed by atoms with Crippen molar-refractivity contribution in [3.05, 3.63) is 29.6 Å². The van der Waals surface area contributed by atoms with Crippen molar-refractivity contribution in [2.24, 2.45) is 0 Å². The Kier molecular flexibility index (Phi) is 6.50. The number of hydrogen-bond donors (Lipinski definition) is 0. The third kappa shape index (κ3) is 5.83. The SMILES string of the molecule is CC(=O)COCCCOc1ccc(C(C)C)cc1F. The van der Waals surface area contributed by atoms with E-state index in [4.69, 9.17) is 9.47 Å². The summed E-state index contributed by atoms with van der Waals surface area (Å²) in [6.07, 6.45) is 0.624. The molecule has 0 aromatic heterocycles. The topological polar surface area (TPSA) is 35.5 Å². The molecule has 0 radical (unpaired) electrons. The Morgan fingerprint density at radius 3 is 2.63 bits per heavy atom. The number of carbonyl (C=O) groups is 1. The normalized spacial score (nSPS) is 10.8. The molecule has 0 aliphatic rings. The number of hydrogen-bond acceptors (Lipinski definition) is 3. The summed E-state index contributed by atoms with van der Waals surface area (Å²) < 4.78 is 24.1. The van der Waals surface area contributed by atoms with Gasteiger partial charge in [0.2, 0.25) is 0 Å². The minimum Gasteiger partial charge on any atom is -0.490 e. The molecule has 0 heterocycles. The summed E-state index contributed by atoms with van der Waals surface area (Å²) in [6.45, 7) is 6.43. The first-order chi connectivity index (χ1) is 9.00. The molecule has 19 heavy (non-hydrogen) atoms. The molecule has 0 bridgehead atoms. The fourth-order valence-corrected chi connectivity index (χ4v) is 1.55. The average Bonchev–Trinajstić information content (AvgIpc) is 2.34. The van der Waals surface area contributed by atoms with Crippen LogP contribution in [0, 0.1) is 5.82 Å². The van der Waals surface area contributed by atoms with Crippen molar-refractivity contribution in [1.82, 2.24) is 0 Å². The molecule has 0 atom stereocenters. The van der Waals surface area contributed by atoms with E-state index in [1.807, 2.05) is 19.9 Å². The molecule has 0 saturated carbocycles. The molecule has 0 aliphatic heterocycles. The van der Waals surface area contributed by atoms with Crippen molar-refractivity contribution in [1.29, 1.82) is 0 Å². The summed E-state index contributed by atoms with van der Waals surface area (Å²) in [5.41, 5.74) is 0.953. The van der Waals surface area contributed by atoms with E-state index >= 15 is 0 Å². The molecule has 0 N–H and O–H groups in total. The Morgan fingerprint density at radius 2 is 2.05 bits per heavy atom. The molecule has 0 unspecified atom stereocenters. The summed E-state index contributed by atoms with van der Waals surface area (Å²) in [7, 11) is 0. The zero-order valence-corrected chi connectivity index (χ0v) is 11.7. The second-order valence-corrected chi connectivity index (χ2v) is 4.80. The molecule has 0 fully saturated rings. The number of ether oxygens (including phenoxy) is 2. The lowest BCUT2D eigenvalue weighted by molar-refractivity contribution is -0.121. The molecular weight excluding hydrogens is 247 g/mol. The maximum atomic E-state index is 13.7. The van der Waals surface area contributed by atoms with Gasteiger partial charge in [-0.15, -0.1) is 0 Å². The second-order valence-electron chi connectivity index (χ2n) is 4.80. The highest BCUT2D eigenvalue weighted by molar-refractivity contribution is 5.76. The molecule has 0 aliphatic carbocycles. The van der Waals surface area contributed by atoms with Crippen molar-refractivity contribution < 1.29 is 18.7 Å². The molecule has 1 aromatic rings. The Morgan fingerprint density at radius 1 is 1.32 bits per heavy atom. The summed E-state index contributed by atoms with van der Waals surface area (Å²) >= 11 is 0. The summed E-state index contributed by atoms with van der Waals surface area (Å²) in [5.74, 6) is 0.214. The third-order valence-corrected chi connectivity index (χ3v) is 2.62. The average molecular weight is 268 g/mol. The van der Waals surface area contributed by atoms with E-state index in [1.54, 1.807) is 6.07 Å². The van der Waals surface area contributed by atoms with Gasteiger partial charge in [-0.3, -0.25) is 4.79 Å². The molecule has 1 rings (SSSR count). The zero-order valence-electron chi connectivity index (χ0n) is 11.7. The van der Waals surface area contributed by atoms with Crippen LogP contribution in [0.4, 0.5) is 4.39 Å². The van der Waals surface area contributed by atoms with Crippen LogP contribution in [0.2, 0.25) is 0 Å². The largest absolute Gasteiger partial charge is 0.490 e. The minimum atomic E-state index is -0.337. The Balaban J connectivity index is 2.31. The van der Waals surface area contributed by atoms with Crippen LogP contribution < -0.4 is 4.74 Å². The highest BCUT2D eigenvalue weighted by Crippen LogP contribution is 2.22. The maximum Gasteiger partial charge on any atom is 0.165 e. The molecule has 0 amide bonds. The first kappa shape index (κ1) is 15.6. The van der Waals surface area contributed by atoms with Crippen LogP contribution >= 0.6 is 0 Å². The number of halogens is 1. The lowest BCUT2D eigenvalue weighted by atomic mass is 10.0. The molecular formula is C15H21FO3. The molecule has 1 aromatic carbocycles. The first-order valence-electron chi connectivity index (χ1n) is 6.50. The lowest BCUT2D eigenvalue weighted by Gasteiger charge is -2.10. The Labute approximate surface area is 113 Å². The van der Waals surface area contributed by atoms with Gasteiger partial charge in [-0.2, -0.15) is 0 Å². The van der Waals surface area contributed by atoms with Crippen molar-refractivity contribution in [2.45, 2.75) is 33.1 Å². The van der Waals surface area contributed by atoms with Gasteiger partial charge in [0.1, 0.15) is 6.61 Å². The summed E-state index contributed by atoms with van der Waals surface area (Å²) in [4.78, 5) is 10.6. The van der Waals surface area contributed by atoms with Crippen molar-refractivity contribution in [3.8, 4) is 5.75 Å². The summed E-state index contributed by atoms with van der Waals surface area (Å²) in [6, 6.07) is 5.03. The van der Waals surface area contributed by atoms with Gasteiger partial charge in [0.15, 0.2) is 17.3 Å². The van der Waals surface area contributed by atoms with E-state index in [0.717, 1.165) is 5.56 Å². The number of benzene rings is 1. The van der Waals surface area contributed by atoms with E-state index < -0.39 is 0 Å². The molecule has 106 valence electrons. The highest BCUT2D eigenvalue weighted by Gasteiger charge is 2.06. The molecule has 0 spiro atoms. The van der Waals surface area contributed by atoms with Crippen LogP contribution in [0.1, 0.15) is 38.7 Å². The van der Waals surface area contributed by atoms with Crippen molar-refractivity contribution in [3.63, 3.8) is 0 Å². The minimum absolute atomic E-state index is 0.00348. The van der Waals surface area contributed by atoms with Gasteiger partial charge >= 0.3 is 0 Å². The molecule has 4 heteroatoms. The van der Waals surface area contributed by atoms with Crippen LogP contribution in [-0.4, -0.2) is 25.6 Å². The quantitative estimate of drug-likeness (QED) is 0.678. The first-order valence-corrected chi connectivity index (χ1v) is 6.50. The molecule has 3 nitrogen and oxygen atoms in total. The van der Waals surface area contributed by atoms with Gasteiger partial charge in [0.25, 0.3) is 0 Å². The van der Waals surface area contributed by atoms with E-state index in [0.29, 0.717) is 25.6 Å². The standard InChI is InChI=1S/C15H21FO3/c1-11(2)13-5-6-15(14(16)9-13)19-8-4-7-18-10-12(3)17/h5-6,9,11H,4,7-8,10H2,1-3H3. The van der Waals surface area contributed by atoms with Crippen LogP contribution in [0.3, 0.4) is 0 Å². The van der Waals surface area contributed by atoms with Gasteiger partial charge in [0, 0.05) is 6.42 Å². The number of ketones is 1. The van der Waals surface area contributed by atoms with Gasteiger partial charge in [-0.1, -0.05) is 19.9 Å². The monoisotopic (exact) mass is 268 g/mol. The van der Waals surface area contributed by atoms with Crippen LogP contribution in [-0.2, 0) is 9.53 Å². The van der Waals surface area contributed by atoms with Crippen molar-refractivity contribution >= 4 is 5.78 Å². The maximum absolute atomic E-state index is 13.7. The van der Waals surface area contributed by atoms with Gasteiger partial charge < -0.3 is 9.47 Å². The molecule has 0 saturated heterocycles. The fraction of sp³-hybridized carbons (Fsp3) is 0.533. The number of carbonyl (C=O) groups excluding carboxylic acids is 1. The predicted octanol–water partition coefficient (Wildman–Crippen LogP) is 3.32. The van der Waals surface area contributed by atoms with E-state index in [9.17, 15) is 9.18 Å². The highest BCUT2D eigenvalue weighted by atomic mass is 19.1. The lowest BCUT2D eigenvalue weighted by Crippen LogP contribution is -2.08. The van der Waals surface area contributed by atoms with E-state index in [2.05, 4.69) is 0 Å². The zero-order chi connectivity index (χ0) is 14.3. The van der Waals surface area contributed by atoms with E-state index in [-0.39, 0.29) is 24.0 Å². The van der Waals surface area contributed by atoms with Crippen molar-refractivity contribution in [2.75, 3.05) is 19.8 Å². The van der Waals surface area contributed by atoms with Crippen LogP contribution in [0.15, 0.2) is 18.2 Å². The third-order valence-electron chi connectivity index (χ3n) is 2.62. The van der Waals surface area contributed by atoms with Gasteiger partial charge in [-0.05, 0) is 30.5 Å². The van der Waals surface area contributed by atoms with E-state index in [1.165, 1.54) is 13.0 Å². The summed E-state index contributed by atoms with van der Waals surface area (Å²) in [5, 5.41) is 0. The Bertz CT molecular complexity index is 416. The fourth-order valence-electron chi connectivity index (χ4n) is 1.55. The smallest absolute Gasteiger partial charge is 0.165 e. The Hall–Kier alpha value is -1.42. The van der Waals surface area contributed by atoms with Gasteiger partial charge in [0.05, 0.1) is 13.2 Å². The van der Waals surface area contributed by atoms with Crippen LogP contribution in [0.5, 0.6) is 5.75 Å². The predicted molar refractivity (Wildman–Crippen MR) is 72.1 cm³/mol. The number of rotatable bonds is 8. The second kappa shape index (κ2) is 7.89. The number of Topliss-reactive ketones (excluding diaryl/α,β-unsaturated/α-hetero) is 1.